The van der Waals surface area contributed by atoms with Gasteiger partial charge in [-0.05, 0) is 30.3 Å². The second-order valence-corrected chi connectivity index (χ2v) is 7.81. The van der Waals surface area contributed by atoms with Crippen LogP contribution in [-0.4, -0.2) is 57.1 Å². The molecule has 2 heterocycles. The third-order valence-electron chi connectivity index (χ3n) is 3.82. The minimum Gasteiger partial charge on any atom is -0.482 e. The average Bonchev–Trinajstić information content (AvgIpc) is 2.68. The van der Waals surface area contributed by atoms with Crippen LogP contribution in [0.1, 0.15) is 0 Å². The topological polar surface area (TPSA) is 97.8 Å². The van der Waals surface area contributed by atoms with E-state index in [1.807, 2.05) is 0 Å². The monoisotopic (exact) mass is 411 g/mol. The van der Waals surface area contributed by atoms with Crippen molar-refractivity contribution in [2.45, 2.75) is 4.90 Å². The van der Waals surface area contributed by atoms with E-state index >= 15 is 0 Å². The molecule has 1 aliphatic heterocycles. The largest absolute Gasteiger partial charge is 0.482 e. The van der Waals surface area contributed by atoms with Gasteiger partial charge in [-0.2, -0.15) is 0 Å². The lowest BCUT2D eigenvalue weighted by Crippen LogP contribution is -2.43. The van der Waals surface area contributed by atoms with Gasteiger partial charge in [0.15, 0.2) is 6.61 Å². The Morgan fingerprint density at radius 3 is 2.78 bits per heavy atom. The molecule has 1 amide bonds. The molecule has 8 nitrogen and oxygen atoms in total. The van der Waals surface area contributed by atoms with Crippen molar-refractivity contribution in [2.24, 2.45) is 0 Å². The molecule has 1 aliphatic rings. The molecule has 0 radical (unpaired) electrons. The molecule has 1 aromatic carbocycles. The second-order valence-electron chi connectivity index (χ2n) is 5.72. The number of ether oxygens (including phenoxy) is 2. The van der Waals surface area contributed by atoms with E-state index in [2.05, 4.69) is 9.71 Å². The highest BCUT2D eigenvalue weighted by Gasteiger charge is 2.23. The average molecular weight is 412 g/mol. The number of amides is 1. The highest BCUT2D eigenvalue weighted by atomic mass is 35.5. The molecule has 0 aliphatic carbocycles. The zero-order valence-corrected chi connectivity index (χ0v) is 15.9. The van der Waals surface area contributed by atoms with Crippen LogP contribution in [0.15, 0.2) is 47.6 Å². The lowest BCUT2D eigenvalue weighted by Gasteiger charge is -2.26. The number of nitrogens with one attached hydrogen (secondary N) is 1. The van der Waals surface area contributed by atoms with E-state index in [-0.39, 0.29) is 28.2 Å². The summed E-state index contributed by atoms with van der Waals surface area (Å²) in [4.78, 5) is 17.6. The van der Waals surface area contributed by atoms with E-state index in [1.54, 1.807) is 17.0 Å². The molecule has 144 valence electrons. The lowest BCUT2D eigenvalue weighted by atomic mass is 10.3. The molecular formula is C17H18ClN3O5S. The first-order chi connectivity index (χ1) is 13.0. The van der Waals surface area contributed by atoms with Crippen molar-refractivity contribution in [3.8, 4) is 5.75 Å². The predicted molar refractivity (Wildman–Crippen MR) is 99.4 cm³/mol. The summed E-state index contributed by atoms with van der Waals surface area (Å²) in [6, 6.07) is 7.37. The first kappa shape index (κ1) is 19.4. The summed E-state index contributed by atoms with van der Waals surface area (Å²) in [6.45, 7) is 1.63. The van der Waals surface area contributed by atoms with Crippen LogP contribution in [-0.2, 0) is 19.6 Å². The number of morpholine rings is 1. The van der Waals surface area contributed by atoms with Gasteiger partial charge >= 0.3 is 0 Å². The zero-order chi connectivity index (χ0) is 19.3. The van der Waals surface area contributed by atoms with Crippen LogP contribution < -0.4 is 9.46 Å². The van der Waals surface area contributed by atoms with Gasteiger partial charge in [-0.1, -0.05) is 11.6 Å². The standard InChI is InChI=1S/C17H18ClN3O5S/c18-13-3-4-15(26-12-17(22)21-6-8-25-9-7-21)16(10-13)27(23,24)20-14-2-1-5-19-11-14/h1-5,10-11,20H,6-9,12H2. The van der Waals surface area contributed by atoms with Gasteiger partial charge < -0.3 is 14.4 Å². The van der Waals surface area contributed by atoms with E-state index in [9.17, 15) is 13.2 Å². The highest BCUT2D eigenvalue weighted by molar-refractivity contribution is 7.92. The van der Waals surface area contributed by atoms with Gasteiger partial charge in [0, 0.05) is 24.3 Å². The Morgan fingerprint density at radius 1 is 1.30 bits per heavy atom. The summed E-state index contributed by atoms with van der Waals surface area (Å²) < 4.78 is 38.6. The molecule has 0 bridgehead atoms. The molecule has 0 atom stereocenters. The number of nitrogens with zero attached hydrogens (tertiary/aromatic N) is 2. The van der Waals surface area contributed by atoms with Crippen molar-refractivity contribution < 1.29 is 22.7 Å². The fraction of sp³-hybridized carbons (Fsp3) is 0.294. The predicted octanol–water partition coefficient (Wildman–Crippen LogP) is 1.77. The van der Waals surface area contributed by atoms with Gasteiger partial charge in [0.25, 0.3) is 15.9 Å². The van der Waals surface area contributed by atoms with Crippen molar-refractivity contribution in [2.75, 3.05) is 37.6 Å². The number of aromatic nitrogens is 1. The molecule has 1 aromatic heterocycles. The Kier molecular flexibility index (Phi) is 6.15. The SMILES string of the molecule is O=C(COc1ccc(Cl)cc1S(=O)(=O)Nc1cccnc1)N1CCOCC1. The number of hydrogen-bond acceptors (Lipinski definition) is 6. The fourth-order valence-electron chi connectivity index (χ4n) is 2.49. The third-order valence-corrected chi connectivity index (χ3v) is 5.46. The van der Waals surface area contributed by atoms with Gasteiger partial charge in [-0.15, -0.1) is 0 Å². The molecule has 1 saturated heterocycles. The van der Waals surface area contributed by atoms with Crippen molar-refractivity contribution in [1.29, 1.82) is 0 Å². The van der Waals surface area contributed by atoms with Crippen LogP contribution in [0.5, 0.6) is 5.75 Å². The van der Waals surface area contributed by atoms with Crippen molar-refractivity contribution in [3.05, 3.63) is 47.7 Å². The summed E-state index contributed by atoms with van der Waals surface area (Å²) >= 11 is 5.96. The lowest BCUT2D eigenvalue weighted by molar-refractivity contribution is -0.137. The number of carbonyl (C=O) groups is 1. The third kappa shape index (κ3) is 5.09. The number of halogens is 1. The van der Waals surface area contributed by atoms with Gasteiger partial charge in [-0.25, -0.2) is 8.42 Å². The Labute approximate surface area is 162 Å². The van der Waals surface area contributed by atoms with Gasteiger partial charge in [0.1, 0.15) is 10.6 Å². The maximum absolute atomic E-state index is 12.7. The number of sulfonamides is 1. The Bertz CT molecular complexity index is 902. The molecular weight excluding hydrogens is 394 g/mol. The number of hydrogen-bond donors (Lipinski definition) is 1. The zero-order valence-electron chi connectivity index (χ0n) is 14.3. The minimum atomic E-state index is -3.98. The number of carbonyl (C=O) groups excluding carboxylic acids is 1. The molecule has 10 heteroatoms. The number of benzene rings is 1. The number of pyridine rings is 1. The molecule has 1 fully saturated rings. The van der Waals surface area contributed by atoms with E-state index in [4.69, 9.17) is 21.1 Å². The van der Waals surface area contributed by atoms with Crippen molar-refractivity contribution >= 4 is 33.2 Å². The maximum Gasteiger partial charge on any atom is 0.265 e. The van der Waals surface area contributed by atoms with Crippen molar-refractivity contribution in [3.63, 3.8) is 0 Å². The molecule has 0 spiro atoms. The summed E-state index contributed by atoms with van der Waals surface area (Å²) in [5.41, 5.74) is 0.299. The first-order valence-electron chi connectivity index (χ1n) is 8.16. The maximum atomic E-state index is 12.7. The van der Waals surface area contributed by atoms with Crippen LogP contribution in [0.2, 0.25) is 5.02 Å². The van der Waals surface area contributed by atoms with Gasteiger partial charge in [-0.3, -0.25) is 14.5 Å². The van der Waals surface area contributed by atoms with Crippen LogP contribution in [0, 0.1) is 0 Å². The van der Waals surface area contributed by atoms with Crippen LogP contribution in [0.4, 0.5) is 5.69 Å². The quantitative estimate of drug-likeness (QED) is 0.778. The normalized spacial score (nSPS) is 14.6. The Morgan fingerprint density at radius 2 is 2.07 bits per heavy atom. The fourth-order valence-corrected chi connectivity index (χ4v) is 3.94. The van der Waals surface area contributed by atoms with Gasteiger partial charge in [0.05, 0.1) is 25.1 Å². The summed E-state index contributed by atoms with van der Waals surface area (Å²) in [6.07, 6.45) is 2.91. The molecule has 1 N–H and O–H groups in total. The number of anilines is 1. The van der Waals surface area contributed by atoms with Crippen LogP contribution in [0.3, 0.4) is 0 Å². The Hall–Kier alpha value is -2.36. The number of rotatable bonds is 6. The van der Waals surface area contributed by atoms with E-state index in [0.29, 0.717) is 32.0 Å². The Balaban J connectivity index is 1.77. The summed E-state index contributed by atoms with van der Waals surface area (Å²) in [5, 5.41) is 0.230. The summed E-state index contributed by atoms with van der Waals surface area (Å²) in [5.74, 6) is -0.200. The van der Waals surface area contributed by atoms with E-state index < -0.39 is 10.0 Å². The molecule has 27 heavy (non-hydrogen) atoms. The first-order valence-corrected chi connectivity index (χ1v) is 10.0. The molecule has 0 unspecified atom stereocenters. The second kappa shape index (κ2) is 8.55. The smallest absolute Gasteiger partial charge is 0.265 e. The molecule has 3 rings (SSSR count). The van der Waals surface area contributed by atoms with Gasteiger partial charge in [0.2, 0.25) is 0 Å². The summed E-state index contributed by atoms with van der Waals surface area (Å²) in [7, 11) is -3.98. The van der Waals surface area contributed by atoms with E-state index in [1.165, 1.54) is 30.6 Å². The van der Waals surface area contributed by atoms with Crippen molar-refractivity contribution in [1.82, 2.24) is 9.88 Å². The minimum absolute atomic E-state index is 0.0393. The van der Waals surface area contributed by atoms with E-state index in [0.717, 1.165) is 0 Å². The van der Waals surface area contributed by atoms with Crippen LogP contribution in [0.25, 0.3) is 0 Å². The van der Waals surface area contributed by atoms with Crippen LogP contribution >= 0.6 is 11.6 Å². The molecule has 0 saturated carbocycles. The highest BCUT2D eigenvalue weighted by Crippen LogP contribution is 2.29. The molecule has 2 aromatic rings.